The third-order valence-electron chi connectivity index (χ3n) is 2.36. The van der Waals surface area contributed by atoms with Crippen molar-refractivity contribution in [3.63, 3.8) is 0 Å². The highest BCUT2D eigenvalue weighted by atomic mass is 16.3. The molecule has 0 aliphatic carbocycles. The molecule has 0 saturated carbocycles. The van der Waals surface area contributed by atoms with Crippen molar-refractivity contribution in [3.05, 3.63) is 0 Å². The highest BCUT2D eigenvalue weighted by Gasteiger charge is 2.36. The van der Waals surface area contributed by atoms with Crippen LogP contribution < -0.4 is 10.6 Å². The van der Waals surface area contributed by atoms with E-state index < -0.39 is 24.3 Å². The summed E-state index contributed by atoms with van der Waals surface area (Å²) < 4.78 is 0. The van der Waals surface area contributed by atoms with Gasteiger partial charge >= 0.3 is 0 Å². The van der Waals surface area contributed by atoms with Crippen molar-refractivity contribution in [2.45, 2.75) is 31.2 Å². The predicted octanol–water partition coefficient (Wildman–Crippen LogP) is -2.82. The van der Waals surface area contributed by atoms with Crippen LogP contribution in [0.4, 0.5) is 0 Å². The molecule has 4 atom stereocenters. The van der Waals surface area contributed by atoms with Crippen molar-refractivity contribution < 1.29 is 20.1 Å². The van der Waals surface area contributed by atoms with Crippen molar-refractivity contribution in [2.24, 2.45) is 0 Å². The molecular formula is C8H16N2O4. The molecule has 14 heavy (non-hydrogen) atoms. The minimum Gasteiger partial charge on any atom is -0.395 e. The minimum atomic E-state index is -1.06. The second-order valence-corrected chi connectivity index (χ2v) is 3.49. The molecule has 1 amide bonds. The summed E-state index contributed by atoms with van der Waals surface area (Å²) in [6.07, 6.45) is -2.11. The summed E-state index contributed by atoms with van der Waals surface area (Å²) >= 11 is 0. The summed E-state index contributed by atoms with van der Waals surface area (Å²) in [6.45, 7) is 1.44. The van der Waals surface area contributed by atoms with E-state index >= 15 is 0 Å². The Labute approximate surface area is 81.9 Å². The number of aliphatic hydroxyl groups is 3. The van der Waals surface area contributed by atoms with Gasteiger partial charge in [0.05, 0.1) is 24.8 Å². The number of hydrogen-bond donors (Lipinski definition) is 5. The van der Waals surface area contributed by atoms with E-state index in [9.17, 15) is 15.0 Å². The predicted molar refractivity (Wildman–Crippen MR) is 48.5 cm³/mol. The number of hydrogen-bond acceptors (Lipinski definition) is 5. The molecule has 1 aliphatic heterocycles. The molecular weight excluding hydrogens is 188 g/mol. The Balaban J connectivity index is 2.54. The van der Waals surface area contributed by atoms with Crippen molar-refractivity contribution >= 4 is 5.91 Å². The molecule has 1 saturated heterocycles. The van der Waals surface area contributed by atoms with Crippen LogP contribution >= 0.6 is 0 Å². The summed E-state index contributed by atoms with van der Waals surface area (Å²) in [5.74, 6) is -0.259. The Morgan fingerprint density at radius 2 is 2.14 bits per heavy atom. The average Bonchev–Trinajstić information content (AvgIpc) is 2.13. The molecule has 5 N–H and O–H groups in total. The Morgan fingerprint density at radius 3 is 2.64 bits per heavy atom. The van der Waals surface area contributed by atoms with E-state index in [1.165, 1.54) is 6.92 Å². The summed E-state index contributed by atoms with van der Waals surface area (Å²) in [7, 11) is 0. The summed E-state index contributed by atoms with van der Waals surface area (Å²) in [4.78, 5) is 10.7. The lowest BCUT2D eigenvalue weighted by Gasteiger charge is -2.37. The highest BCUT2D eigenvalue weighted by Crippen LogP contribution is 2.10. The first-order valence-electron chi connectivity index (χ1n) is 4.53. The van der Waals surface area contributed by atoms with Gasteiger partial charge in [0, 0.05) is 13.5 Å². The molecule has 82 valence electrons. The zero-order chi connectivity index (χ0) is 10.7. The minimum absolute atomic E-state index is 0.245. The lowest BCUT2D eigenvalue weighted by molar-refractivity contribution is -0.122. The van der Waals surface area contributed by atoms with Gasteiger partial charge in [0.1, 0.15) is 6.10 Å². The van der Waals surface area contributed by atoms with Gasteiger partial charge in [-0.2, -0.15) is 0 Å². The van der Waals surface area contributed by atoms with Crippen LogP contribution in [0.5, 0.6) is 0 Å². The van der Waals surface area contributed by atoms with Gasteiger partial charge in [0.15, 0.2) is 0 Å². The van der Waals surface area contributed by atoms with Crippen molar-refractivity contribution in [3.8, 4) is 0 Å². The van der Waals surface area contributed by atoms with Crippen LogP contribution in [-0.2, 0) is 4.79 Å². The van der Waals surface area contributed by atoms with E-state index in [2.05, 4.69) is 10.6 Å². The third-order valence-corrected chi connectivity index (χ3v) is 2.36. The van der Waals surface area contributed by atoms with E-state index in [-0.39, 0.29) is 12.5 Å². The van der Waals surface area contributed by atoms with Gasteiger partial charge in [-0.15, -0.1) is 0 Å². The molecule has 1 heterocycles. The van der Waals surface area contributed by atoms with E-state index in [4.69, 9.17) is 5.11 Å². The maximum absolute atomic E-state index is 10.7. The largest absolute Gasteiger partial charge is 0.395 e. The number of rotatable bonds is 2. The molecule has 0 spiro atoms. The van der Waals surface area contributed by atoms with Crippen LogP contribution in [0.1, 0.15) is 6.92 Å². The van der Waals surface area contributed by atoms with Gasteiger partial charge in [-0.05, 0) is 0 Å². The molecule has 1 aliphatic rings. The fraction of sp³-hybridized carbons (Fsp3) is 0.875. The van der Waals surface area contributed by atoms with Crippen molar-refractivity contribution in [1.82, 2.24) is 10.6 Å². The van der Waals surface area contributed by atoms with Crippen LogP contribution in [0, 0.1) is 0 Å². The summed E-state index contributed by atoms with van der Waals surface area (Å²) in [6, 6.07) is -1.04. The normalized spacial score (nSPS) is 38.0. The number of carbonyl (C=O) groups is 1. The quantitative estimate of drug-likeness (QED) is 0.334. The smallest absolute Gasteiger partial charge is 0.217 e. The average molecular weight is 204 g/mol. The van der Waals surface area contributed by atoms with Crippen molar-refractivity contribution in [2.75, 3.05) is 13.2 Å². The molecule has 1 unspecified atom stereocenters. The van der Waals surface area contributed by atoms with Crippen LogP contribution in [-0.4, -0.2) is 58.7 Å². The second-order valence-electron chi connectivity index (χ2n) is 3.49. The topological polar surface area (TPSA) is 102 Å². The number of nitrogens with one attached hydrogen (secondary N) is 2. The standard InChI is InChI=1S/C8H16N2O4/c1-4(12)10-5-2-9-6(3-11)8(14)7(5)13/h5-9,11,13-14H,2-3H2,1H3,(H,10,12)/t5-,6?,7-,8-/m1/s1. The van der Waals surface area contributed by atoms with Crippen LogP contribution in [0.3, 0.4) is 0 Å². The lowest BCUT2D eigenvalue weighted by Crippen LogP contribution is -2.65. The zero-order valence-corrected chi connectivity index (χ0v) is 7.97. The molecule has 0 aromatic heterocycles. The summed E-state index contributed by atoms with van der Waals surface area (Å²) in [5, 5.41) is 33.2. The maximum atomic E-state index is 10.7. The molecule has 0 bridgehead atoms. The Hall–Kier alpha value is -0.690. The Morgan fingerprint density at radius 1 is 1.50 bits per heavy atom. The SMILES string of the molecule is CC(=O)N[C@@H]1CNC(CO)[C@@H](O)[C@@H]1O. The molecule has 0 aromatic rings. The van der Waals surface area contributed by atoms with E-state index in [0.29, 0.717) is 6.54 Å². The Bertz CT molecular complexity index is 212. The number of amides is 1. The first kappa shape index (κ1) is 11.4. The lowest BCUT2D eigenvalue weighted by atomic mass is 9.94. The maximum Gasteiger partial charge on any atom is 0.217 e. The number of piperidine rings is 1. The molecule has 6 heteroatoms. The van der Waals surface area contributed by atoms with Crippen LogP contribution in [0.2, 0.25) is 0 Å². The van der Waals surface area contributed by atoms with Gasteiger partial charge in [0.25, 0.3) is 0 Å². The first-order valence-corrected chi connectivity index (χ1v) is 4.53. The molecule has 1 rings (SSSR count). The van der Waals surface area contributed by atoms with E-state index in [1.807, 2.05) is 0 Å². The molecule has 1 fully saturated rings. The molecule has 0 aromatic carbocycles. The van der Waals surface area contributed by atoms with E-state index in [1.54, 1.807) is 0 Å². The Kier molecular flexibility index (Phi) is 3.82. The van der Waals surface area contributed by atoms with Crippen LogP contribution in [0.25, 0.3) is 0 Å². The monoisotopic (exact) mass is 204 g/mol. The fourth-order valence-corrected chi connectivity index (χ4v) is 1.57. The van der Waals surface area contributed by atoms with E-state index in [0.717, 1.165) is 0 Å². The highest BCUT2D eigenvalue weighted by molar-refractivity contribution is 5.73. The zero-order valence-electron chi connectivity index (χ0n) is 7.97. The van der Waals surface area contributed by atoms with Crippen LogP contribution in [0.15, 0.2) is 0 Å². The second kappa shape index (κ2) is 4.70. The van der Waals surface area contributed by atoms with Gasteiger partial charge in [-0.3, -0.25) is 4.79 Å². The van der Waals surface area contributed by atoms with Gasteiger partial charge in [-0.1, -0.05) is 0 Å². The van der Waals surface area contributed by atoms with Gasteiger partial charge < -0.3 is 26.0 Å². The van der Waals surface area contributed by atoms with Gasteiger partial charge in [-0.25, -0.2) is 0 Å². The first-order chi connectivity index (χ1) is 6.56. The number of carbonyl (C=O) groups excluding carboxylic acids is 1. The molecule has 0 radical (unpaired) electrons. The summed E-state index contributed by atoms with van der Waals surface area (Å²) in [5.41, 5.74) is 0. The third kappa shape index (κ3) is 2.42. The fourth-order valence-electron chi connectivity index (χ4n) is 1.57. The molecule has 6 nitrogen and oxygen atoms in total. The number of aliphatic hydroxyl groups excluding tert-OH is 3. The van der Waals surface area contributed by atoms with Crippen molar-refractivity contribution in [1.29, 1.82) is 0 Å². The van der Waals surface area contributed by atoms with Gasteiger partial charge in [0.2, 0.25) is 5.91 Å².